The van der Waals surface area contributed by atoms with E-state index in [9.17, 15) is 14.0 Å². The van der Waals surface area contributed by atoms with Gasteiger partial charge in [-0.3, -0.25) is 14.2 Å². The topological polar surface area (TPSA) is 82.9 Å². The Morgan fingerprint density at radius 1 is 1.12 bits per heavy atom. The van der Waals surface area contributed by atoms with Gasteiger partial charge in [-0.2, -0.15) is 0 Å². The fourth-order valence-electron chi connectivity index (χ4n) is 3.17. The maximum Gasteiger partial charge on any atom is 0.278 e. The van der Waals surface area contributed by atoms with E-state index in [4.69, 9.17) is 5.73 Å². The lowest BCUT2D eigenvalue weighted by Gasteiger charge is -2.08. The van der Waals surface area contributed by atoms with Crippen LogP contribution in [0.2, 0.25) is 0 Å². The number of halogens is 1. The van der Waals surface area contributed by atoms with Crippen LogP contribution in [0.3, 0.4) is 0 Å². The highest BCUT2D eigenvalue weighted by molar-refractivity contribution is 6.05. The Morgan fingerprint density at radius 3 is 2.58 bits per heavy atom. The van der Waals surface area contributed by atoms with E-state index in [1.54, 1.807) is 16.7 Å². The van der Waals surface area contributed by atoms with Gasteiger partial charge < -0.3 is 10.3 Å². The van der Waals surface area contributed by atoms with Crippen molar-refractivity contribution in [1.29, 1.82) is 0 Å². The van der Waals surface area contributed by atoms with Gasteiger partial charge in [0.15, 0.2) is 0 Å². The first kappa shape index (κ1) is 16.0. The Labute approximate surface area is 147 Å². The zero-order valence-corrected chi connectivity index (χ0v) is 13.7. The number of fused-ring (bicyclic) bond motifs is 3. The monoisotopic (exact) mass is 350 g/mol. The number of nitrogens with zero attached hydrogens (tertiary/aromatic N) is 3. The van der Waals surface area contributed by atoms with Crippen LogP contribution < -0.4 is 11.3 Å². The van der Waals surface area contributed by atoms with Gasteiger partial charge in [0.1, 0.15) is 23.4 Å². The van der Waals surface area contributed by atoms with Crippen molar-refractivity contribution in [3.05, 3.63) is 76.6 Å². The molecule has 0 aliphatic carbocycles. The first-order valence-electron chi connectivity index (χ1n) is 8.04. The summed E-state index contributed by atoms with van der Waals surface area (Å²) in [5.74, 6) is -0.878. The minimum Gasteiger partial charge on any atom is -0.368 e. The number of para-hydroxylation sites is 1. The highest BCUT2D eigenvalue weighted by atomic mass is 19.1. The molecule has 0 aliphatic rings. The van der Waals surface area contributed by atoms with Crippen LogP contribution in [0.15, 0.2) is 59.7 Å². The molecular weight excluding hydrogens is 335 g/mol. The molecule has 7 heteroatoms. The van der Waals surface area contributed by atoms with Gasteiger partial charge in [-0.15, -0.1) is 0 Å². The fraction of sp³-hybridized carbons (Fsp3) is 0.105. The molecular formula is C19H15FN4O2. The lowest BCUT2D eigenvalue weighted by Crippen LogP contribution is -2.25. The number of benzene rings is 2. The van der Waals surface area contributed by atoms with Gasteiger partial charge >= 0.3 is 0 Å². The molecule has 0 fully saturated rings. The van der Waals surface area contributed by atoms with Crippen molar-refractivity contribution in [2.45, 2.75) is 13.1 Å². The SMILES string of the molecule is NC(=O)Cn1c2ccccc2c2ncn(Cc3ccc(F)cc3)c(=O)c21. The molecule has 4 aromatic rings. The minimum atomic E-state index is -0.541. The highest BCUT2D eigenvalue weighted by Gasteiger charge is 2.17. The second kappa shape index (κ2) is 6.11. The van der Waals surface area contributed by atoms with Crippen LogP contribution in [-0.2, 0) is 17.9 Å². The molecule has 2 aromatic carbocycles. The van der Waals surface area contributed by atoms with E-state index >= 15 is 0 Å². The average molecular weight is 350 g/mol. The molecule has 6 nitrogen and oxygen atoms in total. The molecule has 1 amide bonds. The van der Waals surface area contributed by atoms with E-state index in [0.29, 0.717) is 11.0 Å². The number of carbonyl (C=O) groups is 1. The van der Waals surface area contributed by atoms with Crippen LogP contribution >= 0.6 is 0 Å². The highest BCUT2D eigenvalue weighted by Crippen LogP contribution is 2.25. The summed E-state index contributed by atoms with van der Waals surface area (Å²) in [4.78, 5) is 29.0. The van der Waals surface area contributed by atoms with Gasteiger partial charge in [0, 0.05) is 5.39 Å². The molecule has 0 spiro atoms. The lowest BCUT2D eigenvalue weighted by atomic mass is 10.2. The standard InChI is InChI=1S/C19H15FN4O2/c20-13-7-5-12(6-8-13)9-23-11-22-17-14-3-1-2-4-15(14)24(10-16(21)25)18(17)19(23)26/h1-8,11H,9-10H2,(H2,21,25). The van der Waals surface area contributed by atoms with Gasteiger partial charge in [-0.1, -0.05) is 30.3 Å². The van der Waals surface area contributed by atoms with E-state index in [1.807, 2.05) is 24.3 Å². The first-order valence-corrected chi connectivity index (χ1v) is 8.04. The molecule has 0 radical (unpaired) electrons. The molecule has 0 saturated heterocycles. The van der Waals surface area contributed by atoms with Crippen molar-refractivity contribution >= 4 is 27.8 Å². The van der Waals surface area contributed by atoms with Gasteiger partial charge in [-0.05, 0) is 23.8 Å². The molecule has 26 heavy (non-hydrogen) atoms. The molecule has 0 aliphatic heterocycles. The van der Waals surface area contributed by atoms with E-state index in [-0.39, 0.29) is 24.5 Å². The summed E-state index contributed by atoms with van der Waals surface area (Å²) >= 11 is 0. The number of hydrogen-bond donors (Lipinski definition) is 1. The molecule has 0 atom stereocenters. The van der Waals surface area contributed by atoms with E-state index in [2.05, 4.69) is 4.98 Å². The van der Waals surface area contributed by atoms with E-state index in [1.165, 1.54) is 23.0 Å². The Balaban J connectivity index is 1.93. The first-order chi connectivity index (χ1) is 12.5. The van der Waals surface area contributed by atoms with E-state index < -0.39 is 5.91 Å². The third-order valence-corrected chi connectivity index (χ3v) is 4.31. The number of primary amides is 1. The van der Waals surface area contributed by atoms with Crippen molar-refractivity contribution in [1.82, 2.24) is 14.1 Å². The van der Waals surface area contributed by atoms with Gasteiger partial charge in [0.2, 0.25) is 5.91 Å². The Hall–Kier alpha value is -3.48. The Bertz CT molecular complexity index is 1190. The second-order valence-corrected chi connectivity index (χ2v) is 6.07. The zero-order valence-electron chi connectivity index (χ0n) is 13.7. The summed E-state index contributed by atoms with van der Waals surface area (Å²) in [5, 5.41) is 0.787. The van der Waals surface area contributed by atoms with Gasteiger partial charge in [0.05, 0.1) is 18.4 Å². The second-order valence-electron chi connectivity index (χ2n) is 6.07. The molecule has 130 valence electrons. The van der Waals surface area contributed by atoms with Crippen LogP contribution in [0.1, 0.15) is 5.56 Å². The van der Waals surface area contributed by atoms with E-state index in [0.717, 1.165) is 16.5 Å². The van der Waals surface area contributed by atoms with Crippen molar-refractivity contribution in [3.63, 3.8) is 0 Å². The summed E-state index contributed by atoms with van der Waals surface area (Å²) in [5.41, 5.74) is 7.44. The largest absolute Gasteiger partial charge is 0.368 e. The van der Waals surface area contributed by atoms with Crippen molar-refractivity contribution in [3.8, 4) is 0 Å². The number of carbonyl (C=O) groups excluding carboxylic acids is 1. The summed E-state index contributed by atoms with van der Waals surface area (Å²) in [6, 6.07) is 13.3. The predicted octanol–water partition coefficient (Wildman–Crippen LogP) is 2.02. The molecule has 0 bridgehead atoms. The Kier molecular flexibility index (Phi) is 3.76. The smallest absolute Gasteiger partial charge is 0.278 e. The summed E-state index contributed by atoms with van der Waals surface area (Å²) in [6.07, 6.45) is 1.47. The van der Waals surface area contributed by atoms with Gasteiger partial charge in [-0.25, -0.2) is 9.37 Å². The van der Waals surface area contributed by atoms with Crippen molar-refractivity contribution in [2.75, 3.05) is 0 Å². The Morgan fingerprint density at radius 2 is 1.85 bits per heavy atom. The lowest BCUT2D eigenvalue weighted by molar-refractivity contribution is -0.118. The quantitative estimate of drug-likeness (QED) is 0.611. The third-order valence-electron chi connectivity index (χ3n) is 4.31. The van der Waals surface area contributed by atoms with Crippen molar-refractivity contribution in [2.24, 2.45) is 5.73 Å². The molecule has 4 rings (SSSR count). The average Bonchev–Trinajstić information content (AvgIpc) is 2.93. The summed E-state index contributed by atoms with van der Waals surface area (Å²) in [6.45, 7) is 0.141. The molecule has 0 saturated carbocycles. The minimum absolute atomic E-state index is 0.110. The number of rotatable bonds is 4. The van der Waals surface area contributed by atoms with Gasteiger partial charge in [0.25, 0.3) is 5.56 Å². The molecule has 2 N–H and O–H groups in total. The molecule has 2 heterocycles. The summed E-state index contributed by atoms with van der Waals surface area (Å²) < 4.78 is 16.1. The third kappa shape index (κ3) is 2.63. The maximum absolute atomic E-state index is 13.1. The van der Waals surface area contributed by atoms with Crippen LogP contribution in [0.25, 0.3) is 21.9 Å². The zero-order chi connectivity index (χ0) is 18.3. The fourth-order valence-corrected chi connectivity index (χ4v) is 3.17. The summed E-state index contributed by atoms with van der Waals surface area (Å²) in [7, 11) is 0. The number of hydrogen-bond acceptors (Lipinski definition) is 3. The van der Waals surface area contributed by atoms with Crippen LogP contribution in [0, 0.1) is 5.82 Å². The van der Waals surface area contributed by atoms with Crippen LogP contribution in [-0.4, -0.2) is 20.0 Å². The molecule has 0 unspecified atom stereocenters. The number of aromatic nitrogens is 3. The normalized spacial score (nSPS) is 11.3. The molecule has 2 aromatic heterocycles. The predicted molar refractivity (Wildman–Crippen MR) is 96.2 cm³/mol. The number of nitrogens with two attached hydrogens (primary N) is 1. The van der Waals surface area contributed by atoms with Crippen molar-refractivity contribution < 1.29 is 9.18 Å². The van der Waals surface area contributed by atoms with Crippen LogP contribution in [0.4, 0.5) is 4.39 Å². The number of amides is 1. The van der Waals surface area contributed by atoms with Crippen LogP contribution in [0.5, 0.6) is 0 Å². The maximum atomic E-state index is 13.1.